The highest BCUT2D eigenvalue weighted by atomic mass is 35.5. The number of hydrogen-bond acceptors (Lipinski definition) is 6. The van der Waals surface area contributed by atoms with Crippen molar-refractivity contribution in [3.05, 3.63) is 59.5 Å². The number of nitrogens with zero attached hydrogens (tertiary/aromatic N) is 3. The van der Waals surface area contributed by atoms with E-state index in [-0.39, 0.29) is 17.0 Å². The summed E-state index contributed by atoms with van der Waals surface area (Å²) in [5.41, 5.74) is 1.80. The van der Waals surface area contributed by atoms with Gasteiger partial charge in [0.1, 0.15) is 11.6 Å². The van der Waals surface area contributed by atoms with E-state index in [9.17, 15) is 9.18 Å². The summed E-state index contributed by atoms with van der Waals surface area (Å²) in [6, 6.07) is 7.95. The zero-order valence-corrected chi connectivity index (χ0v) is 19.9. The van der Waals surface area contributed by atoms with Crippen LogP contribution in [0.25, 0.3) is 10.9 Å². The predicted molar refractivity (Wildman–Crippen MR) is 133 cm³/mol. The van der Waals surface area contributed by atoms with Crippen LogP contribution in [0.15, 0.2) is 48.7 Å². The fourth-order valence-corrected chi connectivity index (χ4v) is 3.93. The van der Waals surface area contributed by atoms with E-state index >= 15 is 0 Å². The number of anilines is 3. The number of likely N-dealkylation sites (N-methyl/N-ethyl adjacent to an activating group) is 1. The van der Waals surface area contributed by atoms with Crippen molar-refractivity contribution >= 4 is 45.7 Å². The summed E-state index contributed by atoms with van der Waals surface area (Å²) in [7, 11) is 3.87. The van der Waals surface area contributed by atoms with Gasteiger partial charge in [-0.25, -0.2) is 14.4 Å². The Morgan fingerprint density at radius 2 is 2.06 bits per heavy atom. The molecule has 1 aliphatic carbocycles. The van der Waals surface area contributed by atoms with E-state index in [0.29, 0.717) is 35.1 Å². The molecule has 1 aromatic heterocycles. The minimum absolute atomic E-state index is 0.0121. The first kappa shape index (κ1) is 23.9. The minimum Gasteiger partial charge on any atom is -0.488 e. The van der Waals surface area contributed by atoms with Gasteiger partial charge in [0.15, 0.2) is 0 Å². The lowest BCUT2D eigenvalue weighted by molar-refractivity contribution is -0.111. The highest BCUT2D eigenvalue weighted by molar-refractivity contribution is 6.31. The molecule has 0 spiro atoms. The number of carbonyl (C=O) groups is 1. The summed E-state index contributed by atoms with van der Waals surface area (Å²) in [4.78, 5) is 23.4. The lowest BCUT2D eigenvalue weighted by atomic mass is 10.2. The summed E-state index contributed by atoms with van der Waals surface area (Å²) >= 11 is 5.87. The van der Waals surface area contributed by atoms with Crippen LogP contribution in [0, 0.1) is 5.82 Å². The number of amides is 1. The second-order valence-electron chi connectivity index (χ2n) is 8.53. The van der Waals surface area contributed by atoms with Crippen molar-refractivity contribution in [3.8, 4) is 5.75 Å². The van der Waals surface area contributed by atoms with Gasteiger partial charge in [0.25, 0.3) is 0 Å². The van der Waals surface area contributed by atoms with Crippen LogP contribution in [0.4, 0.5) is 21.7 Å². The van der Waals surface area contributed by atoms with Crippen molar-refractivity contribution in [1.29, 1.82) is 0 Å². The molecule has 178 valence electrons. The Hall–Kier alpha value is -3.23. The van der Waals surface area contributed by atoms with Crippen LogP contribution in [0.2, 0.25) is 5.02 Å². The quantitative estimate of drug-likeness (QED) is 0.409. The smallest absolute Gasteiger partial charge is 0.248 e. The number of aromatic nitrogens is 2. The molecule has 34 heavy (non-hydrogen) atoms. The highest BCUT2D eigenvalue weighted by Gasteiger charge is 2.19. The van der Waals surface area contributed by atoms with Crippen LogP contribution in [-0.4, -0.2) is 47.5 Å². The van der Waals surface area contributed by atoms with Gasteiger partial charge in [-0.05, 0) is 64.0 Å². The van der Waals surface area contributed by atoms with Crippen LogP contribution >= 0.6 is 11.6 Å². The normalized spacial score (nSPS) is 14.3. The first-order chi connectivity index (χ1) is 16.4. The van der Waals surface area contributed by atoms with Crippen molar-refractivity contribution < 1.29 is 13.9 Å². The maximum Gasteiger partial charge on any atom is 0.248 e. The van der Waals surface area contributed by atoms with E-state index in [1.165, 1.54) is 18.2 Å². The Morgan fingerprint density at radius 1 is 1.26 bits per heavy atom. The van der Waals surface area contributed by atoms with E-state index in [2.05, 4.69) is 20.6 Å². The topological polar surface area (TPSA) is 79.4 Å². The third-order valence-electron chi connectivity index (χ3n) is 5.45. The lowest BCUT2D eigenvalue weighted by Gasteiger charge is -2.17. The van der Waals surface area contributed by atoms with Gasteiger partial charge in [-0.2, -0.15) is 0 Å². The van der Waals surface area contributed by atoms with Gasteiger partial charge in [-0.1, -0.05) is 17.7 Å². The molecule has 2 aromatic carbocycles. The van der Waals surface area contributed by atoms with Crippen LogP contribution in [-0.2, 0) is 4.79 Å². The Morgan fingerprint density at radius 3 is 2.79 bits per heavy atom. The van der Waals surface area contributed by atoms with E-state index in [0.717, 1.165) is 31.1 Å². The molecule has 1 amide bonds. The van der Waals surface area contributed by atoms with Gasteiger partial charge in [-0.3, -0.25) is 4.79 Å². The Bertz CT molecular complexity index is 1210. The molecule has 0 aliphatic heterocycles. The molecule has 2 N–H and O–H groups in total. The SMILES string of the molecule is CN(C)CC=CC(=O)Nc1cc2cnc(Nc3ccc(F)c(Cl)c3)nc2cc1OC1CCCC1. The van der Waals surface area contributed by atoms with Gasteiger partial charge < -0.3 is 20.3 Å². The fraction of sp³-hybridized carbons (Fsp3) is 0.320. The third-order valence-corrected chi connectivity index (χ3v) is 5.74. The number of ether oxygens (including phenoxy) is 1. The molecule has 1 heterocycles. The summed E-state index contributed by atoms with van der Waals surface area (Å²) in [5, 5.41) is 6.72. The average Bonchev–Trinajstić information content (AvgIpc) is 3.30. The molecule has 3 aromatic rings. The second kappa shape index (κ2) is 10.8. The largest absolute Gasteiger partial charge is 0.488 e. The maximum atomic E-state index is 13.4. The van der Waals surface area contributed by atoms with Crippen molar-refractivity contribution in [2.24, 2.45) is 0 Å². The maximum absolute atomic E-state index is 13.4. The number of carbonyl (C=O) groups excluding carboxylic acids is 1. The van der Waals surface area contributed by atoms with E-state index in [4.69, 9.17) is 16.3 Å². The molecule has 1 fully saturated rings. The lowest BCUT2D eigenvalue weighted by Crippen LogP contribution is -2.15. The van der Waals surface area contributed by atoms with Gasteiger partial charge in [0.2, 0.25) is 11.9 Å². The first-order valence-corrected chi connectivity index (χ1v) is 11.6. The molecule has 0 unspecified atom stereocenters. The van der Waals surface area contributed by atoms with Crippen molar-refractivity contribution in [2.45, 2.75) is 31.8 Å². The molecular weight excluding hydrogens is 457 g/mol. The second-order valence-corrected chi connectivity index (χ2v) is 8.94. The Kier molecular flexibility index (Phi) is 7.59. The van der Waals surface area contributed by atoms with Gasteiger partial charge in [0.05, 0.1) is 22.3 Å². The molecule has 1 aliphatic rings. The molecule has 0 radical (unpaired) electrons. The molecule has 7 nitrogen and oxygen atoms in total. The average molecular weight is 484 g/mol. The molecule has 4 rings (SSSR count). The van der Waals surface area contributed by atoms with E-state index < -0.39 is 5.82 Å². The summed E-state index contributed by atoms with van der Waals surface area (Å²) < 4.78 is 19.7. The summed E-state index contributed by atoms with van der Waals surface area (Å²) in [6.07, 6.45) is 9.31. The zero-order chi connectivity index (χ0) is 24.1. The summed E-state index contributed by atoms with van der Waals surface area (Å²) in [6.45, 7) is 0.666. The number of hydrogen-bond donors (Lipinski definition) is 2. The summed E-state index contributed by atoms with van der Waals surface area (Å²) in [5.74, 6) is 0.185. The first-order valence-electron chi connectivity index (χ1n) is 11.2. The minimum atomic E-state index is -0.494. The number of nitrogens with one attached hydrogen (secondary N) is 2. The zero-order valence-electron chi connectivity index (χ0n) is 19.1. The van der Waals surface area contributed by atoms with Gasteiger partial charge in [-0.15, -0.1) is 0 Å². The van der Waals surface area contributed by atoms with Gasteiger partial charge in [0, 0.05) is 36.0 Å². The van der Waals surface area contributed by atoms with Crippen molar-refractivity contribution in [1.82, 2.24) is 14.9 Å². The van der Waals surface area contributed by atoms with Crippen LogP contribution in [0.1, 0.15) is 25.7 Å². The standard InChI is InChI=1S/C25H27ClFN5O2/c1-32(2)11-5-8-24(33)30-22-12-16-15-28-25(29-17-9-10-20(27)19(26)13-17)31-21(16)14-23(22)34-18-6-3-4-7-18/h5,8-10,12-15,18H,3-4,6-7,11H2,1-2H3,(H,30,33)(H,28,29,31). The molecule has 1 saturated carbocycles. The highest BCUT2D eigenvalue weighted by Crippen LogP contribution is 2.34. The number of benzene rings is 2. The van der Waals surface area contributed by atoms with Gasteiger partial charge >= 0.3 is 0 Å². The predicted octanol–water partition coefficient (Wildman–Crippen LogP) is 5.54. The number of halogens is 2. The van der Waals surface area contributed by atoms with Crippen LogP contribution < -0.4 is 15.4 Å². The van der Waals surface area contributed by atoms with Crippen LogP contribution in [0.5, 0.6) is 5.75 Å². The molecule has 0 atom stereocenters. The fourth-order valence-electron chi connectivity index (χ4n) is 3.75. The van der Waals surface area contributed by atoms with Crippen LogP contribution in [0.3, 0.4) is 0 Å². The number of fused-ring (bicyclic) bond motifs is 1. The Labute approximate surface area is 203 Å². The van der Waals surface area contributed by atoms with E-state index in [1.54, 1.807) is 18.3 Å². The molecule has 9 heteroatoms. The molecule has 0 bridgehead atoms. The number of rotatable bonds is 8. The molecule has 0 saturated heterocycles. The van der Waals surface area contributed by atoms with Crippen molar-refractivity contribution in [3.63, 3.8) is 0 Å². The monoisotopic (exact) mass is 483 g/mol. The third kappa shape index (κ3) is 6.21. The van der Waals surface area contributed by atoms with Crippen molar-refractivity contribution in [2.75, 3.05) is 31.3 Å². The Balaban J connectivity index is 1.61. The molecular formula is C25H27ClFN5O2. The van der Waals surface area contributed by atoms with E-state index in [1.807, 2.05) is 31.1 Å².